The Hall–Kier alpha value is -1.56. The van der Waals surface area contributed by atoms with Crippen LogP contribution in [-0.4, -0.2) is 38.1 Å². The molecule has 24 heavy (non-hydrogen) atoms. The lowest BCUT2D eigenvalue weighted by Gasteiger charge is -2.29. The first-order valence-corrected chi connectivity index (χ1v) is 8.92. The van der Waals surface area contributed by atoms with Crippen LogP contribution < -0.4 is 15.5 Å². The van der Waals surface area contributed by atoms with Crippen LogP contribution in [0.15, 0.2) is 36.4 Å². The van der Waals surface area contributed by atoms with Crippen LogP contribution >= 0.6 is 23.7 Å². The van der Waals surface area contributed by atoms with Gasteiger partial charge in [-0.2, -0.15) is 0 Å². The minimum Gasteiger partial charge on any atom is -0.369 e. The summed E-state index contributed by atoms with van der Waals surface area (Å²) in [6, 6.07) is 12.7. The van der Waals surface area contributed by atoms with E-state index in [-0.39, 0.29) is 24.4 Å². The first kappa shape index (κ1) is 18.8. The monoisotopic (exact) mass is 365 g/mol. The number of thiophene rings is 1. The number of piperazine rings is 1. The highest BCUT2D eigenvalue weighted by Gasteiger charge is 2.13. The number of carbonyl (C=O) groups excluding carboxylic acids is 1. The number of anilines is 1. The predicted molar refractivity (Wildman–Crippen MR) is 105 cm³/mol. The van der Waals surface area contributed by atoms with Gasteiger partial charge in [0.2, 0.25) is 0 Å². The van der Waals surface area contributed by atoms with Gasteiger partial charge in [-0.05, 0) is 43.7 Å². The van der Waals surface area contributed by atoms with E-state index in [1.165, 1.54) is 11.3 Å². The van der Waals surface area contributed by atoms with Crippen molar-refractivity contribution in [3.05, 3.63) is 41.3 Å². The number of halogens is 1. The molecule has 0 bridgehead atoms. The van der Waals surface area contributed by atoms with Gasteiger partial charge in [-0.3, -0.25) is 4.79 Å². The molecule has 0 saturated carbocycles. The van der Waals surface area contributed by atoms with E-state index < -0.39 is 0 Å². The van der Waals surface area contributed by atoms with E-state index in [4.69, 9.17) is 0 Å². The van der Waals surface area contributed by atoms with Gasteiger partial charge in [0.15, 0.2) is 0 Å². The molecule has 0 atom stereocenters. The Balaban J connectivity index is 0.00000208. The van der Waals surface area contributed by atoms with Crippen LogP contribution in [0.3, 0.4) is 0 Å². The van der Waals surface area contributed by atoms with Gasteiger partial charge >= 0.3 is 0 Å². The van der Waals surface area contributed by atoms with Crippen LogP contribution in [0.25, 0.3) is 10.4 Å². The molecule has 2 aromatic rings. The Morgan fingerprint density at radius 2 is 1.96 bits per heavy atom. The molecule has 0 unspecified atom stereocenters. The number of nitrogens with one attached hydrogen (secondary N) is 2. The third-order valence-electron chi connectivity index (χ3n) is 3.86. The van der Waals surface area contributed by atoms with E-state index in [0.29, 0.717) is 0 Å². The summed E-state index contributed by atoms with van der Waals surface area (Å²) in [4.78, 5) is 16.4. The van der Waals surface area contributed by atoms with Crippen molar-refractivity contribution >= 4 is 35.3 Å². The quantitative estimate of drug-likeness (QED) is 0.872. The van der Waals surface area contributed by atoms with Crippen LogP contribution in [-0.2, 0) is 0 Å². The summed E-state index contributed by atoms with van der Waals surface area (Å²) in [5.74, 6) is 0.00881. The maximum Gasteiger partial charge on any atom is 0.261 e. The smallest absolute Gasteiger partial charge is 0.261 e. The number of amides is 1. The van der Waals surface area contributed by atoms with E-state index in [0.717, 1.165) is 35.9 Å². The lowest BCUT2D eigenvalue weighted by molar-refractivity contribution is 0.0947. The molecule has 1 saturated heterocycles. The van der Waals surface area contributed by atoms with Gasteiger partial charge in [0, 0.05) is 42.8 Å². The van der Waals surface area contributed by atoms with Crippen LogP contribution in [0.2, 0.25) is 0 Å². The summed E-state index contributed by atoms with van der Waals surface area (Å²) < 4.78 is 0. The van der Waals surface area contributed by atoms with Gasteiger partial charge < -0.3 is 15.5 Å². The molecule has 1 aromatic heterocycles. The van der Waals surface area contributed by atoms with Crippen LogP contribution in [0.4, 0.5) is 5.69 Å². The Kier molecular flexibility index (Phi) is 6.66. The van der Waals surface area contributed by atoms with E-state index in [1.54, 1.807) is 11.3 Å². The maximum absolute atomic E-state index is 12.1. The van der Waals surface area contributed by atoms with Crippen LogP contribution in [0.1, 0.15) is 23.5 Å². The van der Waals surface area contributed by atoms with Crippen molar-refractivity contribution < 1.29 is 4.79 Å². The van der Waals surface area contributed by atoms with Gasteiger partial charge in [0.25, 0.3) is 5.91 Å². The topological polar surface area (TPSA) is 44.4 Å². The molecule has 2 N–H and O–H groups in total. The van der Waals surface area contributed by atoms with Crippen molar-refractivity contribution in [2.75, 3.05) is 31.1 Å². The number of carbonyl (C=O) groups is 1. The SMILES string of the molecule is CC(C)NC(=O)c1ccc(-c2cccc(N3CCNCC3)c2)s1.Cl. The van der Waals surface area contributed by atoms with Crippen molar-refractivity contribution in [3.8, 4) is 10.4 Å². The number of hydrogen-bond acceptors (Lipinski definition) is 4. The average Bonchev–Trinajstić information content (AvgIpc) is 3.05. The van der Waals surface area contributed by atoms with Crippen molar-refractivity contribution in [2.45, 2.75) is 19.9 Å². The molecule has 6 heteroatoms. The fraction of sp³-hybridized carbons (Fsp3) is 0.389. The molecule has 1 fully saturated rings. The summed E-state index contributed by atoms with van der Waals surface area (Å²) in [5, 5.41) is 6.32. The van der Waals surface area contributed by atoms with Gasteiger partial charge in [-0.1, -0.05) is 12.1 Å². The summed E-state index contributed by atoms with van der Waals surface area (Å²) >= 11 is 1.55. The van der Waals surface area contributed by atoms with Gasteiger partial charge in [-0.25, -0.2) is 0 Å². The number of nitrogens with zero attached hydrogens (tertiary/aromatic N) is 1. The highest BCUT2D eigenvalue weighted by Crippen LogP contribution is 2.31. The lowest BCUT2D eigenvalue weighted by atomic mass is 10.1. The number of benzene rings is 1. The second kappa shape index (κ2) is 8.51. The molecule has 1 aliphatic rings. The molecule has 0 radical (unpaired) electrons. The Morgan fingerprint density at radius 3 is 2.67 bits per heavy atom. The summed E-state index contributed by atoms with van der Waals surface area (Å²) in [6.45, 7) is 8.09. The first-order valence-electron chi connectivity index (χ1n) is 8.10. The van der Waals surface area contributed by atoms with Crippen LogP contribution in [0, 0.1) is 0 Å². The highest BCUT2D eigenvalue weighted by molar-refractivity contribution is 7.17. The van der Waals surface area contributed by atoms with Gasteiger partial charge in [0.05, 0.1) is 4.88 Å². The Morgan fingerprint density at radius 1 is 1.21 bits per heavy atom. The molecule has 0 spiro atoms. The van der Waals surface area contributed by atoms with Crippen molar-refractivity contribution in [2.24, 2.45) is 0 Å². The largest absolute Gasteiger partial charge is 0.369 e. The molecule has 1 aliphatic heterocycles. The second-order valence-electron chi connectivity index (χ2n) is 6.08. The first-order chi connectivity index (χ1) is 11.1. The standard InChI is InChI=1S/C18H23N3OS.ClH/c1-13(2)20-18(22)17-7-6-16(23-17)14-4-3-5-15(12-14)21-10-8-19-9-11-21;/h3-7,12-13,19H,8-11H2,1-2H3,(H,20,22);1H. The zero-order valence-electron chi connectivity index (χ0n) is 14.0. The van der Waals surface area contributed by atoms with Crippen molar-refractivity contribution in [1.29, 1.82) is 0 Å². The third-order valence-corrected chi connectivity index (χ3v) is 5.00. The zero-order chi connectivity index (χ0) is 16.2. The second-order valence-corrected chi connectivity index (χ2v) is 7.16. The average molecular weight is 366 g/mol. The van der Waals surface area contributed by atoms with Crippen molar-refractivity contribution in [3.63, 3.8) is 0 Å². The fourth-order valence-electron chi connectivity index (χ4n) is 2.73. The minimum atomic E-state index is 0. The van der Waals surface area contributed by atoms with Gasteiger partial charge in [0.1, 0.15) is 0 Å². The van der Waals surface area contributed by atoms with Gasteiger partial charge in [-0.15, -0.1) is 23.7 Å². The minimum absolute atomic E-state index is 0. The van der Waals surface area contributed by atoms with Crippen LogP contribution in [0.5, 0.6) is 0 Å². The third kappa shape index (κ3) is 4.50. The molecule has 0 aliphatic carbocycles. The predicted octanol–water partition coefficient (Wildman–Crippen LogP) is 3.38. The Bertz CT molecular complexity index is 680. The normalized spacial score (nSPS) is 14.4. The lowest BCUT2D eigenvalue weighted by Crippen LogP contribution is -2.43. The molecular formula is C18H24ClN3OS. The molecule has 2 heterocycles. The van der Waals surface area contributed by atoms with Crippen molar-refractivity contribution in [1.82, 2.24) is 10.6 Å². The molecule has 1 aromatic carbocycles. The van der Waals surface area contributed by atoms with E-state index >= 15 is 0 Å². The highest BCUT2D eigenvalue weighted by atomic mass is 35.5. The molecule has 1 amide bonds. The molecule has 130 valence electrons. The maximum atomic E-state index is 12.1. The van der Waals surface area contributed by atoms with E-state index in [2.05, 4.69) is 39.8 Å². The molecular weight excluding hydrogens is 342 g/mol. The van der Waals surface area contributed by atoms with E-state index in [9.17, 15) is 4.79 Å². The summed E-state index contributed by atoms with van der Waals surface area (Å²) in [6.07, 6.45) is 0. The summed E-state index contributed by atoms with van der Waals surface area (Å²) in [5.41, 5.74) is 2.43. The zero-order valence-corrected chi connectivity index (χ0v) is 15.7. The number of hydrogen-bond donors (Lipinski definition) is 2. The van der Waals surface area contributed by atoms with E-state index in [1.807, 2.05) is 26.0 Å². The number of rotatable bonds is 4. The molecule has 3 rings (SSSR count). The fourth-order valence-corrected chi connectivity index (χ4v) is 3.63. The molecule has 4 nitrogen and oxygen atoms in total. The summed E-state index contributed by atoms with van der Waals surface area (Å²) in [7, 11) is 0. The Labute approximate surface area is 153 Å².